The van der Waals surface area contributed by atoms with Crippen LogP contribution >= 0.6 is 0 Å². The first-order chi connectivity index (χ1) is 3.31. The van der Waals surface area contributed by atoms with Crippen LogP contribution in [0.2, 0.25) is 0 Å². The molecule has 7 heavy (non-hydrogen) atoms. The molecule has 0 spiro atoms. The van der Waals surface area contributed by atoms with Gasteiger partial charge >= 0.3 is 0 Å². The van der Waals surface area contributed by atoms with Crippen LogP contribution in [0.15, 0.2) is 0 Å². The zero-order chi connectivity index (χ0) is 5.70. The van der Waals surface area contributed by atoms with E-state index < -0.39 is 0 Å². The highest BCUT2D eigenvalue weighted by Gasteiger charge is 1.74. The number of nitrogens with zero attached hydrogens (tertiary/aromatic N) is 2. The van der Waals surface area contributed by atoms with Gasteiger partial charge in [0.15, 0.2) is 6.72 Å². The van der Waals surface area contributed by atoms with Crippen molar-refractivity contribution in [2.45, 2.75) is 0 Å². The fourth-order valence-electron chi connectivity index (χ4n) is 0.146. The van der Waals surface area contributed by atoms with Crippen molar-refractivity contribution in [2.24, 2.45) is 0 Å². The average molecular weight is 103 g/mol. The maximum atomic E-state index is 4.41. The van der Waals surface area contributed by atoms with Gasteiger partial charge in [-0.25, -0.2) is 5.43 Å². The molecule has 0 saturated carbocycles. The van der Waals surface area contributed by atoms with Gasteiger partial charge in [0.1, 0.15) is 0 Å². The maximum Gasteiger partial charge on any atom is 0.155 e. The molecule has 0 aliphatic heterocycles. The fraction of sp³-hybridized carbons (Fsp3) is 0.667. The van der Waals surface area contributed by atoms with Gasteiger partial charge in [-0.05, 0) is 7.05 Å². The second-order valence-electron chi connectivity index (χ2n) is 0.895. The Balaban J connectivity index is 3.00. The topological polar surface area (TPSA) is 38.4 Å². The highest BCUT2D eigenvalue weighted by atomic mass is 16.7. The van der Waals surface area contributed by atoms with Crippen molar-refractivity contribution in [1.82, 2.24) is 5.59 Å². The monoisotopic (exact) mass is 103 g/mol. The Kier molecular flexibility index (Phi) is 3.04. The van der Waals surface area contributed by atoms with Gasteiger partial charge in [-0.15, -0.1) is 4.79 Å². The lowest BCUT2D eigenvalue weighted by Crippen LogP contribution is -2.21. The normalized spacial score (nSPS) is 7.71. The summed E-state index contributed by atoms with van der Waals surface area (Å²) in [6.45, 7) is 3.38. The summed E-state index contributed by atoms with van der Waals surface area (Å²) in [7, 11) is 3.09. The van der Waals surface area contributed by atoms with E-state index in [-0.39, 0.29) is 0 Å². The van der Waals surface area contributed by atoms with Crippen LogP contribution in [-0.2, 0) is 4.84 Å². The molecular weight excluding hydrogens is 94.1 g/mol. The van der Waals surface area contributed by atoms with E-state index in [1.165, 1.54) is 11.9 Å². The minimum Gasteiger partial charge on any atom is -0.315 e. The summed E-state index contributed by atoms with van der Waals surface area (Å²) >= 11 is 0. The first kappa shape index (κ1) is 6.23. The lowest BCUT2D eigenvalue weighted by Gasteiger charge is -2.04. The van der Waals surface area contributed by atoms with Crippen LogP contribution in [0.5, 0.6) is 0 Å². The van der Waals surface area contributed by atoms with Crippen molar-refractivity contribution in [3.63, 3.8) is 0 Å². The van der Waals surface area contributed by atoms with Crippen LogP contribution < -0.4 is 5.59 Å². The van der Waals surface area contributed by atoms with Gasteiger partial charge in [0.2, 0.25) is 0 Å². The van der Waals surface area contributed by atoms with Crippen molar-refractivity contribution in [1.29, 1.82) is 0 Å². The molecular formula is C3H9N3O. The van der Waals surface area contributed by atoms with Crippen molar-refractivity contribution in [2.75, 3.05) is 14.2 Å². The Bertz CT molecular complexity index is 63.2. The standard InChI is InChI=1S/C3H9N3O/c1-4-6(2)5-7-3/h2H2,1,3H3,(H,4,5). The molecule has 0 heterocycles. The molecule has 0 fully saturated rings. The lowest BCUT2D eigenvalue weighted by molar-refractivity contribution is -0.592. The highest BCUT2D eigenvalue weighted by Crippen LogP contribution is 1.69. The Morgan fingerprint density at radius 1 is 1.86 bits per heavy atom. The summed E-state index contributed by atoms with van der Waals surface area (Å²) in [6, 6.07) is 0. The number of hydrazone groups is 1. The van der Waals surface area contributed by atoms with E-state index in [9.17, 15) is 0 Å². The third kappa shape index (κ3) is 3.05. The van der Waals surface area contributed by atoms with Gasteiger partial charge < -0.3 is 4.84 Å². The van der Waals surface area contributed by atoms with Crippen molar-refractivity contribution < 1.29 is 9.63 Å². The summed E-state index contributed by atoms with van der Waals surface area (Å²) in [5, 5.41) is 0. The molecule has 4 nitrogen and oxygen atoms in total. The molecule has 0 rings (SSSR count). The maximum absolute atomic E-state index is 4.41. The van der Waals surface area contributed by atoms with Gasteiger partial charge in [-0.2, -0.15) is 5.59 Å². The molecule has 0 amide bonds. The first-order valence-electron chi connectivity index (χ1n) is 1.80. The predicted octanol–water partition coefficient (Wildman–Crippen LogP) is -0.316. The van der Waals surface area contributed by atoms with Crippen LogP contribution in [-0.4, -0.2) is 25.7 Å². The predicted molar refractivity (Wildman–Crippen MR) is 26.8 cm³/mol. The van der Waals surface area contributed by atoms with Gasteiger partial charge in [0, 0.05) is 7.11 Å². The van der Waals surface area contributed by atoms with Crippen molar-refractivity contribution in [3.8, 4) is 0 Å². The summed E-state index contributed by atoms with van der Waals surface area (Å²) in [5.74, 6) is 0. The Labute approximate surface area is 42.7 Å². The number of hydrogen-bond acceptors (Lipinski definition) is 2. The summed E-state index contributed by atoms with van der Waals surface area (Å²) in [4.78, 5) is 5.62. The second-order valence-corrected chi connectivity index (χ2v) is 0.895. The number of nitrogens with one attached hydrogen (secondary N) is 1. The van der Waals surface area contributed by atoms with Gasteiger partial charge in [-0.1, -0.05) is 0 Å². The van der Waals surface area contributed by atoms with E-state index in [0.717, 1.165) is 0 Å². The Morgan fingerprint density at radius 2 is 2.43 bits per heavy atom. The smallest absolute Gasteiger partial charge is 0.155 e. The summed E-state index contributed by atoms with van der Waals surface area (Å²) in [5.41, 5.74) is 5.92. The molecule has 0 bridgehead atoms. The Morgan fingerprint density at radius 3 is 2.57 bits per heavy atom. The molecule has 0 aromatic heterocycles. The zero-order valence-corrected chi connectivity index (χ0v) is 4.51. The molecule has 0 unspecified atom stereocenters. The fourth-order valence-corrected chi connectivity index (χ4v) is 0.146. The quantitative estimate of drug-likeness (QED) is 0.302. The zero-order valence-electron chi connectivity index (χ0n) is 4.51. The van der Waals surface area contributed by atoms with Crippen LogP contribution in [0.3, 0.4) is 0 Å². The highest BCUT2D eigenvalue weighted by molar-refractivity contribution is 5.14. The van der Waals surface area contributed by atoms with Crippen molar-refractivity contribution >= 4 is 6.72 Å². The summed E-state index contributed by atoms with van der Waals surface area (Å²) < 4.78 is 0. The molecule has 0 atom stereocenters. The van der Waals surface area contributed by atoms with E-state index in [1.54, 1.807) is 7.05 Å². The van der Waals surface area contributed by atoms with Crippen LogP contribution in [0.1, 0.15) is 0 Å². The third-order valence-corrected chi connectivity index (χ3v) is 0.438. The van der Waals surface area contributed by atoms with Crippen LogP contribution in [0, 0.1) is 0 Å². The van der Waals surface area contributed by atoms with Crippen LogP contribution in [0.4, 0.5) is 0 Å². The minimum atomic E-state index is 1.21. The molecule has 4 heteroatoms. The molecule has 0 aliphatic carbocycles. The lowest BCUT2D eigenvalue weighted by atomic mass is 11.4. The minimum absolute atomic E-state index is 1.21. The van der Waals surface area contributed by atoms with Crippen LogP contribution in [0.25, 0.3) is 5.43 Å². The molecule has 0 saturated heterocycles. The largest absolute Gasteiger partial charge is 0.315 e. The Hall–Kier alpha value is -0.770. The molecule has 0 aromatic carbocycles. The van der Waals surface area contributed by atoms with Gasteiger partial charge in [0.05, 0.1) is 0 Å². The molecule has 42 valence electrons. The molecule has 0 aliphatic rings. The number of rotatable bonds is 3. The van der Waals surface area contributed by atoms with E-state index in [2.05, 4.69) is 22.6 Å². The third-order valence-electron chi connectivity index (χ3n) is 0.438. The van der Waals surface area contributed by atoms with E-state index >= 15 is 0 Å². The first-order valence-corrected chi connectivity index (χ1v) is 1.80. The van der Waals surface area contributed by atoms with E-state index in [1.807, 2.05) is 0 Å². The molecule has 0 radical (unpaired) electrons. The number of hydrazine groups is 1. The van der Waals surface area contributed by atoms with E-state index in [0.29, 0.717) is 0 Å². The molecule has 0 aromatic rings. The second kappa shape index (κ2) is 3.42. The van der Waals surface area contributed by atoms with Crippen molar-refractivity contribution in [3.05, 3.63) is 5.43 Å². The van der Waals surface area contributed by atoms with Gasteiger partial charge in [0.25, 0.3) is 0 Å². The summed E-state index contributed by atoms with van der Waals surface area (Å²) in [6.07, 6.45) is 0. The molecule has 1 N–H and O–H groups in total. The number of hydrogen-bond donors (Lipinski definition) is 1. The SMILES string of the molecule is C=[N+]([N-]C)NOC. The van der Waals surface area contributed by atoms with Gasteiger partial charge in [-0.3, -0.25) is 0 Å². The van der Waals surface area contributed by atoms with E-state index in [4.69, 9.17) is 0 Å². The average Bonchev–Trinajstić information content (AvgIpc) is 1.68.